The van der Waals surface area contributed by atoms with Crippen molar-refractivity contribution in [3.05, 3.63) is 17.6 Å². The highest BCUT2D eigenvalue weighted by Crippen LogP contribution is 2.35. The zero-order valence-corrected chi connectivity index (χ0v) is 14.0. The Hall–Kier alpha value is -0.850. The van der Waals surface area contributed by atoms with E-state index in [1.807, 2.05) is 0 Å². The SMILES string of the molecule is CNCc1cc(S(=O)(=O)NCC2(C)CCCCC2)c(C)o1. The highest BCUT2D eigenvalue weighted by Gasteiger charge is 2.30. The Morgan fingerprint density at radius 1 is 1.29 bits per heavy atom. The smallest absolute Gasteiger partial charge is 0.244 e. The summed E-state index contributed by atoms with van der Waals surface area (Å²) in [5.41, 5.74) is 0.0801. The molecule has 0 amide bonds. The lowest BCUT2D eigenvalue weighted by Gasteiger charge is -2.33. The largest absolute Gasteiger partial charge is 0.464 e. The fourth-order valence-electron chi connectivity index (χ4n) is 2.98. The summed E-state index contributed by atoms with van der Waals surface area (Å²) in [5.74, 6) is 1.08. The Morgan fingerprint density at radius 3 is 2.57 bits per heavy atom. The molecule has 5 nitrogen and oxygen atoms in total. The van der Waals surface area contributed by atoms with Crippen LogP contribution in [0.4, 0.5) is 0 Å². The van der Waals surface area contributed by atoms with E-state index in [0.29, 0.717) is 24.6 Å². The van der Waals surface area contributed by atoms with Gasteiger partial charge in [-0.3, -0.25) is 0 Å². The number of rotatable bonds is 6. The molecule has 0 bridgehead atoms. The van der Waals surface area contributed by atoms with Crippen molar-refractivity contribution in [2.45, 2.75) is 57.4 Å². The van der Waals surface area contributed by atoms with E-state index in [9.17, 15) is 8.42 Å². The van der Waals surface area contributed by atoms with Gasteiger partial charge in [-0.15, -0.1) is 0 Å². The van der Waals surface area contributed by atoms with Crippen molar-refractivity contribution in [1.29, 1.82) is 0 Å². The fourth-order valence-corrected chi connectivity index (χ4v) is 4.38. The Balaban J connectivity index is 2.07. The van der Waals surface area contributed by atoms with Gasteiger partial charge in [0.05, 0.1) is 6.54 Å². The maximum atomic E-state index is 12.5. The van der Waals surface area contributed by atoms with Crippen molar-refractivity contribution in [2.75, 3.05) is 13.6 Å². The summed E-state index contributed by atoms with van der Waals surface area (Å²) < 4.78 is 33.2. The van der Waals surface area contributed by atoms with E-state index in [0.717, 1.165) is 12.8 Å². The second-order valence-corrected chi connectivity index (χ2v) is 8.09. The molecule has 21 heavy (non-hydrogen) atoms. The van der Waals surface area contributed by atoms with E-state index in [1.165, 1.54) is 19.3 Å². The van der Waals surface area contributed by atoms with Gasteiger partial charge in [-0.25, -0.2) is 13.1 Å². The molecule has 1 saturated carbocycles. The molecule has 1 fully saturated rings. The van der Waals surface area contributed by atoms with Gasteiger partial charge in [0.15, 0.2) is 0 Å². The zero-order valence-electron chi connectivity index (χ0n) is 13.2. The molecule has 0 radical (unpaired) electrons. The molecule has 1 aromatic rings. The Bertz CT molecular complexity index is 572. The average molecular weight is 314 g/mol. The number of sulfonamides is 1. The highest BCUT2D eigenvalue weighted by atomic mass is 32.2. The standard InChI is InChI=1S/C15H26N2O3S/c1-12-14(9-13(20-12)10-16-3)21(18,19)17-11-15(2)7-5-4-6-8-15/h9,16-17H,4-8,10-11H2,1-3H3. The molecule has 0 aliphatic heterocycles. The van der Waals surface area contributed by atoms with E-state index in [2.05, 4.69) is 17.0 Å². The van der Waals surface area contributed by atoms with E-state index >= 15 is 0 Å². The molecule has 2 rings (SSSR count). The number of hydrogen-bond acceptors (Lipinski definition) is 4. The third-order valence-corrected chi connectivity index (χ3v) is 5.82. The first-order valence-corrected chi connectivity index (χ1v) is 9.08. The lowest BCUT2D eigenvalue weighted by atomic mass is 9.76. The molecule has 6 heteroatoms. The number of furan rings is 1. The van der Waals surface area contributed by atoms with E-state index in [-0.39, 0.29) is 10.3 Å². The first-order chi connectivity index (χ1) is 9.86. The second-order valence-electron chi connectivity index (χ2n) is 6.36. The molecule has 1 aliphatic carbocycles. The van der Waals surface area contributed by atoms with Gasteiger partial charge in [-0.1, -0.05) is 26.2 Å². The van der Waals surface area contributed by atoms with Gasteiger partial charge >= 0.3 is 0 Å². The van der Waals surface area contributed by atoms with Gasteiger partial charge in [0.2, 0.25) is 10.0 Å². The first kappa shape index (κ1) is 16.5. The molecule has 1 aliphatic rings. The highest BCUT2D eigenvalue weighted by molar-refractivity contribution is 7.89. The summed E-state index contributed by atoms with van der Waals surface area (Å²) in [6, 6.07) is 1.61. The topological polar surface area (TPSA) is 71.3 Å². The van der Waals surface area contributed by atoms with Crippen LogP contribution >= 0.6 is 0 Å². The van der Waals surface area contributed by atoms with Crippen molar-refractivity contribution >= 4 is 10.0 Å². The average Bonchev–Trinajstić information content (AvgIpc) is 2.80. The van der Waals surface area contributed by atoms with Gasteiger partial charge in [-0.2, -0.15) is 0 Å². The van der Waals surface area contributed by atoms with Crippen LogP contribution in [0.25, 0.3) is 0 Å². The lowest BCUT2D eigenvalue weighted by molar-refractivity contribution is 0.219. The van der Waals surface area contributed by atoms with Crippen LogP contribution < -0.4 is 10.0 Å². The minimum absolute atomic E-state index is 0.0801. The van der Waals surface area contributed by atoms with Gasteiger partial charge < -0.3 is 9.73 Å². The first-order valence-electron chi connectivity index (χ1n) is 7.60. The number of nitrogens with one attached hydrogen (secondary N) is 2. The van der Waals surface area contributed by atoms with Crippen molar-refractivity contribution in [2.24, 2.45) is 5.41 Å². The summed E-state index contributed by atoms with van der Waals surface area (Å²) in [4.78, 5) is 0.257. The van der Waals surface area contributed by atoms with E-state index in [4.69, 9.17) is 4.42 Å². The second kappa shape index (κ2) is 6.50. The summed E-state index contributed by atoms with van der Waals surface area (Å²) in [6.07, 6.45) is 5.82. The molecular weight excluding hydrogens is 288 g/mol. The van der Waals surface area contributed by atoms with Crippen molar-refractivity contribution in [3.8, 4) is 0 Å². The maximum Gasteiger partial charge on any atom is 0.244 e. The maximum absolute atomic E-state index is 12.5. The summed E-state index contributed by atoms with van der Waals surface area (Å²) in [5, 5.41) is 2.96. The van der Waals surface area contributed by atoms with E-state index in [1.54, 1.807) is 20.0 Å². The van der Waals surface area contributed by atoms with Crippen LogP contribution in [-0.4, -0.2) is 22.0 Å². The Kier molecular flexibility index (Phi) is 5.11. The minimum atomic E-state index is -3.50. The van der Waals surface area contributed by atoms with E-state index < -0.39 is 10.0 Å². The molecule has 0 saturated heterocycles. The summed E-state index contributed by atoms with van der Waals surface area (Å²) >= 11 is 0. The van der Waals surface area contributed by atoms with Crippen molar-refractivity contribution in [1.82, 2.24) is 10.0 Å². The van der Waals surface area contributed by atoms with Crippen LogP contribution in [0.15, 0.2) is 15.4 Å². The molecular formula is C15H26N2O3S. The van der Waals surface area contributed by atoms with Gasteiger partial charge in [-0.05, 0) is 32.2 Å². The quantitative estimate of drug-likeness (QED) is 0.846. The fraction of sp³-hybridized carbons (Fsp3) is 0.733. The van der Waals surface area contributed by atoms with Crippen LogP contribution in [-0.2, 0) is 16.6 Å². The Labute approximate surface area is 127 Å². The van der Waals surface area contributed by atoms with Crippen LogP contribution in [0.2, 0.25) is 0 Å². The molecule has 120 valence electrons. The molecule has 0 spiro atoms. The van der Waals surface area contributed by atoms with Crippen LogP contribution in [0.1, 0.15) is 50.5 Å². The monoisotopic (exact) mass is 314 g/mol. The molecule has 0 unspecified atom stereocenters. The third kappa shape index (κ3) is 4.08. The predicted molar refractivity (Wildman–Crippen MR) is 82.6 cm³/mol. The molecule has 1 aromatic heterocycles. The van der Waals surface area contributed by atoms with Crippen molar-refractivity contribution < 1.29 is 12.8 Å². The normalized spacial score (nSPS) is 18.8. The van der Waals surface area contributed by atoms with Gasteiger partial charge in [0, 0.05) is 12.6 Å². The number of hydrogen-bond donors (Lipinski definition) is 2. The summed E-state index contributed by atoms with van der Waals surface area (Å²) in [6.45, 7) is 4.88. The molecule has 0 atom stereocenters. The minimum Gasteiger partial charge on any atom is -0.464 e. The van der Waals surface area contributed by atoms with Gasteiger partial charge in [0.1, 0.15) is 16.4 Å². The number of aryl methyl sites for hydroxylation is 1. The Morgan fingerprint density at radius 2 is 1.95 bits per heavy atom. The van der Waals surface area contributed by atoms with Gasteiger partial charge in [0.25, 0.3) is 0 Å². The van der Waals surface area contributed by atoms with Crippen LogP contribution in [0, 0.1) is 12.3 Å². The van der Waals surface area contributed by atoms with Crippen LogP contribution in [0.3, 0.4) is 0 Å². The summed E-state index contributed by atoms with van der Waals surface area (Å²) in [7, 11) is -1.70. The van der Waals surface area contributed by atoms with Crippen molar-refractivity contribution in [3.63, 3.8) is 0 Å². The lowest BCUT2D eigenvalue weighted by Crippen LogP contribution is -2.37. The molecule has 1 heterocycles. The third-order valence-electron chi connectivity index (χ3n) is 4.31. The molecule has 2 N–H and O–H groups in total. The predicted octanol–water partition coefficient (Wildman–Crippen LogP) is 2.56. The zero-order chi connectivity index (χ0) is 15.5. The molecule has 0 aromatic carbocycles. The van der Waals surface area contributed by atoms with Crippen LogP contribution in [0.5, 0.6) is 0 Å².